The van der Waals surface area contributed by atoms with E-state index in [4.69, 9.17) is 5.21 Å². The van der Waals surface area contributed by atoms with Gasteiger partial charge >= 0.3 is 0 Å². The molecule has 0 saturated heterocycles. The molecule has 0 fully saturated rings. The molecular formula is C15H14N2O10S. The molecule has 1 amide bonds. The standard InChI is InChI=1S/C15H14N2O10S/c18-5-3-6(19)11(23)12(24)8(5)17-28-15-10(22)4(1-2-7(20)16-27)9(21)13(25)14(15)26/h1-3,17-19,21-27H,(H,16,20)/b2-1+. The SMILES string of the molecule is O=C(/C=C/c1c(O)c(O)c(O)c(SNc2c(O)cc(O)c(O)c2O)c1O)NO. The van der Waals surface area contributed by atoms with Crippen molar-refractivity contribution in [3.63, 3.8) is 0 Å². The highest BCUT2D eigenvalue weighted by atomic mass is 32.2. The third kappa shape index (κ3) is 3.65. The number of phenols is 8. The van der Waals surface area contributed by atoms with Crippen molar-refractivity contribution in [3.8, 4) is 46.0 Å². The highest BCUT2D eigenvalue weighted by Crippen LogP contribution is 2.53. The summed E-state index contributed by atoms with van der Waals surface area (Å²) in [7, 11) is 0. The lowest BCUT2D eigenvalue weighted by Gasteiger charge is -2.15. The van der Waals surface area contributed by atoms with Crippen molar-refractivity contribution < 1.29 is 50.9 Å². The Hall–Kier alpha value is -3.84. The first-order valence-corrected chi connectivity index (χ1v) is 7.93. The van der Waals surface area contributed by atoms with Crippen LogP contribution >= 0.6 is 11.9 Å². The van der Waals surface area contributed by atoms with Gasteiger partial charge in [0, 0.05) is 12.1 Å². The Morgan fingerprint density at radius 3 is 2.07 bits per heavy atom. The second-order valence-corrected chi connectivity index (χ2v) is 5.95. The largest absolute Gasteiger partial charge is 0.506 e. The van der Waals surface area contributed by atoms with Gasteiger partial charge in [0.25, 0.3) is 5.91 Å². The fraction of sp³-hybridized carbons (Fsp3) is 0. The predicted octanol–water partition coefficient (Wildman–Crippen LogP) is 0.969. The van der Waals surface area contributed by atoms with Crippen molar-refractivity contribution in [3.05, 3.63) is 17.7 Å². The maximum Gasteiger partial charge on any atom is 0.267 e. The number of hydroxylamine groups is 1. The zero-order chi connectivity index (χ0) is 21.2. The first kappa shape index (κ1) is 20.5. The number of aromatic hydroxyl groups is 8. The van der Waals surface area contributed by atoms with Crippen LogP contribution in [0.15, 0.2) is 17.0 Å². The van der Waals surface area contributed by atoms with E-state index in [-0.39, 0.29) is 0 Å². The first-order valence-electron chi connectivity index (χ1n) is 7.11. The van der Waals surface area contributed by atoms with E-state index in [1.54, 1.807) is 0 Å². The number of carbonyl (C=O) groups is 1. The summed E-state index contributed by atoms with van der Waals surface area (Å²) in [4.78, 5) is 10.5. The molecule has 13 heteroatoms. The summed E-state index contributed by atoms with van der Waals surface area (Å²) in [6.45, 7) is 0. The van der Waals surface area contributed by atoms with Crippen molar-refractivity contribution in [1.29, 1.82) is 0 Å². The molecule has 12 nitrogen and oxygen atoms in total. The highest BCUT2D eigenvalue weighted by Gasteiger charge is 2.24. The van der Waals surface area contributed by atoms with Gasteiger partial charge in [-0.15, -0.1) is 0 Å². The van der Waals surface area contributed by atoms with Crippen LogP contribution in [0.3, 0.4) is 0 Å². The molecule has 0 aliphatic carbocycles. The van der Waals surface area contributed by atoms with E-state index in [0.717, 1.165) is 6.08 Å². The number of anilines is 1. The number of rotatable bonds is 5. The van der Waals surface area contributed by atoms with Gasteiger partial charge in [-0.05, 0) is 18.0 Å². The van der Waals surface area contributed by atoms with Gasteiger partial charge in [0.05, 0.1) is 5.56 Å². The Balaban J connectivity index is 2.47. The second kappa shape index (κ2) is 7.81. The summed E-state index contributed by atoms with van der Waals surface area (Å²) in [6.07, 6.45) is 1.52. The van der Waals surface area contributed by atoms with Crippen LogP contribution in [-0.4, -0.2) is 52.0 Å². The molecule has 0 unspecified atom stereocenters. The molecule has 0 bridgehead atoms. The van der Waals surface area contributed by atoms with Gasteiger partial charge in [-0.3, -0.25) is 10.0 Å². The van der Waals surface area contributed by atoms with Crippen molar-refractivity contribution >= 4 is 29.6 Å². The molecule has 2 aromatic carbocycles. The number of amides is 1. The minimum absolute atomic E-state index is 0.329. The minimum atomic E-state index is -1.06. The molecule has 0 heterocycles. The van der Waals surface area contributed by atoms with Crippen LogP contribution in [0.2, 0.25) is 0 Å². The average Bonchev–Trinajstić information content (AvgIpc) is 2.66. The van der Waals surface area contributed by atoms with Gasteiger partial charge in [0.2, 0.25) is 11.5 Å². The number of benzene rings is 2. The van der Waals surface area contributed by atoms with Crippen LogP contribution in [0.4, 0.5) is 5.69 Å². The Bertz CT molecular complexity index is 977. The van der Waals surface area contributed by atoms with Crippen molar-refractivity contribution in [2.75, 3.05) is 4.72 Å². The van der Waals surface area contributed by atoms with Crippen LogP contribution in [0, 0.1) is 0 Å². The lowest BCUT2D eigenvalue weighted by atomic mass is 10.1. The molecule has 0 aromatic heterocycles. The van der Waals surface area contributed by atoms with Crippen LogP contribution in [0.1, 0.15) is 5.56 Å². The predicted molar refractivity (Wildman–Crippen MR) is 94.6 cm³/mol. The highest BCUT2D eigenvalue weighted by molar-refractivity contribution is 8.00. The molecule has 11 N–H and O–H groups in total. The minimum Gasteiger partial charge on any atom is -0.506 e. The molecule has 0 atom stereocenters. The fourth-order valence-corrected chi connectivity index (χ4v) is 2.78. The topological polar surface area (TPSA) is 223 Å². The van der Waals surface area contributed by atoms with E-state index in [1.807, 2.05) is 0 Å². The van der Waals surface area contributed by atoms with Crippen LogP contribution < -0.4 is 10.2 Å². The van der Waals surface area contributed by atoms with Gasteiger partial charge in [-0.1, -0.05) is 0 Å². The molecule has 0 spiro atoms. The molecule has 28 heavy (non-hydrogen) atoms. The Morgan fingerprint density at radius 1 is 0.821 bits per heavy atom. The summed E-state index contributed by atoms with van der Waals surface area (Å²) >= 11 is 0.329. The van der Waals surface area contributed by atoms with E-state index in [1.165, 1.54) is 5.48 Å². The lowest BCUT2D eigenvalue weighted by molar-refractivity contribution is -0.124. The zero-order valence-electron chi connectivity index (χ0n) is 13.6. The molecule has 2 aromatic rings. The van der Waals surface area contributed by atoms with E-state index < -0.39 is 68.0 Å². The van der Waals surface area contributed by atoms with Gasteiger partial charge < -0.3 is 45.6 Å². The number of hydrogen-bond acceptors (Lipinski definition) is 12. The van der Waals surface area contributed by atoms with Gasteiger partial charge in [-0.2, -0.15) is 0 Å². The average molecular weight is 414 g/mol. The van der Waals surface area contributed by atoms with Crippen molar-refractivity contribution in [2.45, 2.75) is 4.90 Å². The van der Waals surface area contributed by atoms with Crippen LogP contribution in [-0.2, 0) is 4.79 Å². The van der Waals surface area contributed by atoms with Crippen LogP contribution in [0.25, 0.3) is 6.08 Å². The number of hydrogen-bond donors (Lipinski definition) is 11. The normalized spacial score (nSPS) is 10.9. The first-order chi connectivity index (χ1) is 13.1. The number of carbonyl (C=O) groups excluding carboxylic acids is 1. The molecule has 2 rings (SSSR count). The van der Waals surface area contributed by atoms with Crippen molar-refractivity contribution in [2.24, 2.45) is 0 Å². The Kier molecular flexibility index (Phi) is 5.71. The van der Waals surface area contributed by atoms with Crippen LogP contribution in [0.5, 0.6) is 46.0 Å². The fourth-order valence-electron chi connectivity index (χ4n) is 1.98. The smallest absolute Gasteiger partial charge is 0.267 e. The number of nitrogens with one attached hydrogen (secondary N) is 2. The van der Waals surface area contributed by atoms with E-state index >= 15 is 0 Å². The third-order valence-electron chi connectivity index (χ3n) is 3.39. The molecule has 0 aliphatic heterocycles. The van der Waals surface area contributed by atoms with Crippen molar-refractivity contribution in [1.82, 2.24) is 5.48 Å². The molecule has 150 valence electrons. The third-order valence-corrected chi connectivity index (χ3v) is 4.29. The summed E-state index contributed by atoms with van der Waals surface area (Å²) in [5, 5.41) is 86.5. The van der Waals surface area contributed by atoms with Gasteiger partial charge in [0.15, 0.2) is 23.0 Å². The zero-order valence-corrected chi connectivity index (χ0v) is 14.4. The molecule has 0 radical (unpaired) electrons. The Morgan fingerprint density at radius 2 is 1.46 bits per heavy atom. The van der Waals surface area contributed by atoms with Gasteiger partial charge in [0.1, 0.15) is 22.1 Å². The quantitative estimate of drug-likeness (QED) is 0.0822. The monoisotopic (exact) mass is 414 g/mol. The summed E-state index contributed by atoms with van der Waals surface area (Å²) in [5.41, 5.74) is 0.246. The maximum absolute atomic E-state index is 11.0. The molecular weight excluding hydrogens is 400 g/mol. The second-order valence-electron chi connectivity index (χ2n) is 5.14. The molecule has 0 saturated carbocycles. The summed E-state index contributed by atoms with van der Waals surface area (Å²) < 4.78 is 2.29. The van der Waals surface area contributed by atoms with E-state index in [2.05, 4.69) is 4.72 Å². The van der Waals surface area contributed by atoms with E-state index in [0.29, 0.717) is 24.1 Å². The van der Waals surface area contributed by atoms with E-state index in [9.17, 15) is 45.6 Å². The summed E-state index contributed by atoms with van der Waals surface area (Å²) in [5.74, 6) is -8.30. The lowest BCUT2D eigenvalue weighted by Crippen LogP contribution is -2.14. The maximum atomic E-state index is 11.0. The Labute approximate surface area is 160 Å². The molecule has 0 aliphatic rings. The number of phenolic OH excluding ortho intramolecular Hbond substituents is 8. The van der Waals surface area contributed by atoms with Gasteiger partial charge in [-0.25, -0.2) is 5.48 Å². The summed E-state index contributed by atoms with van der Waals surface area (Å²) in [6, 6.07) is 0.702.